The van der Waals surface area contributed by atoms with E-state index >= 15 is 0 Å². The molecule has 0 aromatic heterocycles. The molecule has 18 heteroatoms. The quantitative estimate of drug-likeness (QED) is 0.0753. The lowest BCUT2D eigenvalue weighted by atomic mass is 9.84. The third-order valence-corrected chi connectivity index (χ3v) is 11.9. The predicted molar refractivity (Wildman–Crippen MR) is 267 cm³/mol. The van der Waals surface area contributed by atoms with E-state index in [1.54, 1.807) is 92.6 Å². The third-order valence-electron chi connectivity index (χ3n) is 11.6. The van der Waals surface area contributed by atoms with Crippen molar-refractivity contribution in [1.82, 2.24) is 20.4 Å². The van der Waals surface area contributed by atoms with E-state index in [-0.39, 0.29) is 41.7 Å². The predicted octanol–water partition coefficient (Wildman–Crippen LogP) is 8.30. The maximum absolute atomic E-state index is 15.0. The van der Waals surface area contributed by atoms with E-state index in [1.165, 1.54) is 17.0 Å². The van der Waals surface area contributed by atoms with Crippen molar-refractivity contribution in [1.29, 1.82) is 0 Å². The summed E-state index contributed by atoms with van der Waals surface area (Å²) >= 11 is 6.04. The molecule has 3 aromatic rings. The van der Waals surface area contributed by atoms with Crippen molar-refractivity contribution in [2.24, 2.45) is 5.16 Å². The molecule has 0 bridgehead atoms. The van der Waals surface area contributed by atoms with Crippen molar-refractivity contribution in [3.8, 4) is 0 Å². The number of benzene rings is 3. The van der Waals surface area contributed by atoms with E-state index < -0.39 is 70.7 Å². The minimum absolute atomic E-state index is 0.0350. The van der Waals surface area contributed by atoms with E-state index in [0.29, 0.717) is 68.6 Å². The summed E-state index contributed by atoms with van der Waals surface area (Å²) in [6.07, 6.45) is 2.67. The number of oxime groups is 1. The smallest absolute Gasteiger partial charge is 0.408 e. The average Bonchev–Trinajstić information content (AvgIpc) is 3.77. The lowest BCUT2D eigenvalue weighted by molar-refractivity contribution is -0.157. The Morgan fingerprint density at radius 1 is 0.831 bits per heavy atom. The molecule has 6 rings (SSSR count). The Kier molecular flexibility index (Phi) is 17.4. The summed E-state index contributed by atoms with van der Waals surface area (Å²) in [5.41, 5.74) is 2.42. The fraction of sp³-hybridized carbons (Fsp3) is 0.491. The Morgan fingerprint density at radius 2 is 1.51 bits per heavy atom. The minimum Gasteiger partial charge on any atom is -0.458 e. The first kappa shape index (κ1) is 54.0. The number of fused-ring (bicyclic) bond motifs is 1. The Bertz CT molecular complexity index is 2550. The summed E-state index contributed by atoms with van der Waals surface area (Å²) in [7, 11) is 0. The van der Waals surface area contributed by atoms with Gasteiger partial charge in [0, 0.05) is 43.9 Å². The van der Waals surface area contributed by atoms with Crippen LogP contribution in [0.2, 0.25) is 5.02 Å². The van der Waals surface area contributed by atoms with Crippen LogP contribution in [0.3, 0.4) is 0 Å². The first-order valence-electron chi connectivity index (χ1n) is 24.0. The molecule has 0 saturated heterocycles. The molecule has 0 aliphatic carbocycles. The number of rotatable bonds is 15. The lowest BCUT2D eigenvalue weighted by Gasteiger charge is -2.38. The number of halogens is 2. The molecule has 3 N–H and O–H groups in total. The third kappa shape index (κ3) is 15.1. The number of carbonyl (C=O) groups excluding carboxylic acids is 6. The number of hydrogen-bond donors (Lipinski definition) is 3. The standard InChI is InChI=1S/C53H66ClFN6O10/c1-51(2,3)68-48(65)33-19-21-34(22-20-33)57-46(63)45-37-15-12-14-35(36(37)25-29-61(45)47(64)42-30-41(59-71-42)38-16-13-17-39(54)44(38)55)32-23-27-60(28-24-32)31-43(62)56-26-11-10-18-40(49(66)69-52(4,5)6)58-50(67)70-53(7,8)9/h12-17,19-23,40,42,45H,10-11,18,24-31H2,1-9H3,(H,56,62)(H,57,63)(H,58,67)/t40-,42+,45-/m0/s1. The van der Waals surface area contributed by atoms with Gasteiger partial charge in [0.05, 0.1) is 22.8 Å². The highest BCUT2D eigenvalue weighted by atomic mass is 35.5. The van der Waals surface area contributed by atoms with Crippen LogP contribution >= 0.6 is 11.6 Å². The molecule has 4 amide bonds. The van der Waals surface area contributed by atoms with E-state index in [9.17, 15) is 33.2 Å². The zero-order chi connectivity index (χ0) is 51.8. The topological polar surface area (TPSA) is 194 Å². The van der Waals surface area contributed by atoms with Crippen molar-refractivity contribution in [2.75, 3.05) is 38.0 Å². The Labute approximate surface area is 420 Å². The lowest BCUT2D eigenvalue weighted by Crippen LogP contribution is -2.49. The molecule has 3 aliphatic rings. The van der Waals surface area contributed by atoms with Crippen LogP contribution in [0.4, 0.5) is 14.9 Å². The number of ether oxygens (including phenoxy) is 3. The number of nitrogens with zero attached hydrogens (tertiary/aromatic N) is 3. The zero-order valence-electron chi connectivity index (χ0n) is 42.0. The van der Waals surface area contributed by atoms with Crippen LogP contribution in [0.5, 0.6) is 0 Å². The minimum atomic E-state index is -1.12. The summed E-state index contributed by atoms with van der Waals surface area (Å²) in [5.74, 6) is -2.86. The van der Waals surface area contributed by atoms with Gasteiger partial charge in [0.15, 0.2) is 5.82 Å². The molecular weight excluding hydrogens is 935 g/mol. The summed E-state index contributed by atoms with van der Waals surface area (Å²) in [6, 6.07) is 14.5. The zero-order valence-corrected chi connectivity index (χ0v) is 42.8. The highest BCUT2D eigenvalue weighted by Gasteiger charge is 2.42. The Morgan fingerprint density at radius 3 is 2.17 bits per heavy atom. The van der Waals surface area contributed by atoms with E-state index in [0.717, 1.165) is 16.7 Å². The normalized spacial score (nSPS) is 17.6. The van der Waals surface area contributed by atoms with Crippen LogP contribution in [0.1, 0.15) is 133 Å². The van der Waals surface area contributed by atoms with Crippen molar-refractivity contribution >= 4 is 64.3 Å². The molecule has 0 fully saturated rings. The number of amides is 4. The molecule has 0 spiro atoms. The Hall–Kier alpha value is -6.33. The molecule has 0 saturated carbocycles. The first-order valence-corrected chi connectivity index (χ1v) is 24.4. The fourth-order valence-electron chi connectivity index (χ4n) is 8.44. The number of anilines is 1. The summed E-state index contributed by atoms with van der Waals surface area (Å²) in [5, 5.41) is 12.5. The number of unbranched alkanes of at least 4 members (excludes halogenated alkanes) is 1. The molecule has 3 atom stereocenters. The maximum Gasteiger partial charge on any atom is 0.408 e. The van der Waals surface area contributed by atoms with E-state index in [2.05, 4.69) is 27.2 Å². The largest absolute Gasteiger partial charge is 0.458 e. The summed E-state index contributed by atoms with van der Waals surface area (Å²) in [4.78, 5) is 89.2. The fourth-order valence-corrected chi connectivity index (χ4v) is 8.61. The van der Waals surface area contributed by atoms with Gasteiger partial charge in [-0.3, -0.25) is 19.3 Å². The van der Waals surface area contributed by atoms with Gasteiger partial charge < -0.3 is 39.9 Å². The van der Waals surface area contributed by atoms with Gasteiger partial charge in [-0.15, -0.1) is 0 Å². The Balaban J connectivity index is 1.11. The molecule has 0 radical (unpaired) electrons. The van der Waals surface area contributed by atoms with E-state index in [4.69, 9.17) is 30.6 Å². The monoisotopic (exact) mass is 1000 g/mol. The molecule has 0 unspecified atom stereocenters. The number of esters is 2. The van der Waals surface area contributed by atoms with Gasteiger partial charge >= 0.3 is 18.0 Å². The first-order chi connectivity index (χ1) is 33.4. The second-order valence-electron chi connectivity index (χ2n) is 20.9. The highest BCUT2D eigenvalue weighted by molar-refractivity contribution is 6.31. The molecular formula is C53H66ClFN6O10. The van der Waals surface area contributed by atoms with Crippen molar-refractivity contribution in [2.45, 2.75) is 136 Å². The number of carbonyl (C=O) groups is 6. The van der Waals surface area contributed by atoms with Gasteiger partial charge in [-0.2, -0.15) is 0 Å². The van der Waals surface area contributed by atoms with Gasteiger partial charge in [-0.25, -0.2) is 18.8 Å². The van der Waals surface area contributed by atoms with Crippen LogP contribution in [-0.4, -0.2) is 113 Å². The number of nitrogens with one attached hydrogen (secondary N) is 3. The van der Waals surface area contributed by atoms with Crippen molar-refractivity contribution < 1.29 is 52.2 Å². The molecule has 382 valence electrons. The highest BCUT2D eigenvalue weighted by Crippen LogP contribution is 2.38. The molecule has 71 heavy (non-hydrogen) atoms. The van der Waals surface area contributed by atoms with Crippen molar-refractivity contribution in [3.63, 3.8) is 0 Å². The molecule has 3 aromatic carbocycles. The maximum atomic E-state index is 15.0. The molecule has 16 nitrogen and oxygen atoms in total. The second kappa shape index (κ2) is 22.8. The van der Waals surface area contributed by atoms with Gasteiger partial charge in [0.1, 0.15) is 28.9 Å². The molecule has 3 heterocycles. The van der Waals surface area contributed by atoms with Crippen LogP contribution in [0, 0.1) is 5.82 Å². The SMILES string of the molecule is CC(C)(C)OC(=O)N[C@@H](CCCCNC(=O)CN1CC=C(c2cccc3c2CCN(C(=O)[C@H]2CC(c4cccc(Cl)c4F)=NO2)[C@@H]3C(=O)Nc2ccc(C(=O)OC(C)(C)C)cc2)CC1)C(=O)OC(C)(C)C. The van der Waals surface area contributed by atoms with Gasteiger partial charge in [0.25, 0.3) is 11.8 Å². The number of alkyl carbamates (subject to hydrolysis) is 1. The van der Waals surface area contributed by atoms with Crippen LogP contribution in [0.15, 0.2) is 71.9 Å². The van der Waals surface area contributed by atoms with Gasteiger partial charge in [-0.05, 0) is 153 Å². The van der Waals surface area contributed by atoms with E-state index in [1.807, 2.05) is 23.1 Å². The van der Waals surface area contributed by atoms with Gasteiger partial charge in [0.2, 0.25) is 12.0 Å². The summed E-state index contributed by atoms with van der Waals surface area (Å²) < 4.78 is 31.4. The average molecular weight is 1000 g/mol. The number of hydrogen-bond acceptors (Lipinski definition) is 12. The summed E-state index contributed by atoms with van der Waals surface area (Å²) in [6.45, 7) is 17.6. The van der Waals surface area contributed by atoms with Crippen LogP contribution in [0.25, 0.3) is 5.57 Å². The van der Waals surface area contributed by atoms with Gasteiger partial charge in [-0.1, -0.05) is 47.1 Å². The van der Waals surface area contributed by atoms with Crippen LogP contribution in [-0.2, 0) is 44.6 Å². The van der Waals surface area contributed by atoms with Crippen LogP contribution < -0.4 is 16.0 Å². The second-order valence-corrected chi connectivity index (χ2v) is 21.3. The van der Waals surface area contributed by atoms with Crippen molar-refractivity contribution in [3.05, 3.63) is 105 Å². The molecule has 3 aliphatic heterocycles.